The van der Waals surface area contributed by atoms with E-state index >= 15 is 0 Å². The zero-order valence-electron chi connectivity index (χ0n) is 18.6. The molecule has 3 N–H and O–H groups in total. The molecule has 0 saturated carbocycles. The molecule has 31 heavy (non-hydrogen) atoms. The molecule has 3 rings (SSSR count). The first-order chi connectivity index (χ1) is 14.8. The highest BCUT2D eigenvalue weighted by atomic mass is 32.2. The quantitative estimate of drug-likeness (QED) is 0.561. The standard InChI is InChI=1S/C21H33N3O3S.CH2O2/c1-16(2)28-15-13-24-11-7-21(8-12-24)19(26)20(3,9-14-27-21)23-18(25)17-6-4-5-10-22-17;2-1-3/h4-6,10,16,19,26H,7-9,11-15H2,1-3H3,(H,23,25);1H,(H,2,3)/t19-,20+;/m0./s1. The van der Waals surface area contributed by atoms with E-state index in [0.717, 1.165) is 38.2 Å². The highest BCUT2D eigenvalue weighted by Gasteiger charge is 2.53. The van der Waals surface area contributed by atoms with Crippen LogP contribution in [0.15, 0.2) is 24.4 Å². The Balaban J connectivity index is 0.00000107. The Morgan fingerprint density at radius 1 is 1.39 bits per heavy atom. The lowest BCUT2D eigenvalue weighted by atomic mass is 9.73. The largest absolute Gasteiger partial charge is 0.483 e. The van der Waals surface area contributed by atoms with Crippen LogP contribution >= 0.6 is 11.8 Å². The molecule has 0 bridgehead atoms. The summed E-state index contributed by atoms with van der Waals surface area (Å²) in [5.74, 6) is 0.883. The van der Waals surface area contributed by atoms with E-state index in [1.165, 1.54) is 0 Å². The van der Waals surface area contributed by atoms with Gasteiger partial charge < -0.3 is 25.2 Å². The number of aliphatic hydroxyl groups excluding tert-OH is 1. The predicted octanol–water partition coefficient (Wildman–Crippen LogP) is 2.03. The maximum Gasteiger partial charge on any atom is 0.290 e. The summed E-state index contributed by atoms with van der Waals surface area (Å²) in [5, 5.41) is 21.8. The number of rotatable bonds is 6. The number of aromatic nitrogens is 1. The molecule has 1 aromatic rings. The molecule has 8 nitrogen and oxygen atoms in total. The fourth-order valence-electron chi connectivity index (χ4n) is 4.20. The normalized spacial score (nSPS) is 25.5. The van der Waals surface area contributed by atoms with Crippen LogP contribution in [-0.4, -0.2) is 87.0 Å². The molecule has 9 heteroatoms. The molecule has 0 aromatic carbocycles. The van der Waals surface area contributed by atoms with Crippen molar-refractivity contribution in [2.24, 2.45) is 0 Å². The van der Waals surface area contributed by atoms with Crippen molar-refractivity contribution in [3.63, 3.8) is 0 Å². The molecule has 0 radical (unpaired) electrons. The van der Waals surface area contributed by atoms with Gasteiger partial charge in [0.1, 0.15) is 11.8 Å². The van der Waals surface area contributed by atoms with Crippen molar-refractivity contribution in [2.45, 2.75) is 62.5 Å². The molecular formula is C22H35N3O5S. The van der Waals surface area contributed by atoms with Crippen LogP contribution in [0.3, 0.4) is 0 Å². The fraction of sp³-hybridized carbons (Fsp3) is 0.682. The lowest BCUT2D eigenvalue weighted by molar-refractivity contribution is -0.205. The molecule has 1 aromatic heterocycles. The van der Waals surface area contributed by atoms with E-state index in [1.807, 2.05) is 18.7 Å². The smallest absolute Gasteiger partial charge is 0.290 e. The molecule has 174 valence electrons. The summed E-state index contributed by atoms with van der Waals surface area (Å²) in [6.45, 7) is 9.57. The number of nitrogens with one attached hydrogen (secondary N) is 1. The minimum atomic E-state index is -0.742. The number of likely N-dealkylation sites (tertiary alicyclic amines) is 1. The van der Waals surface area contributed by atoms with Gasteiger partial charge in [0.25, 0.3) is 12.4 Å². The Kier molecular flexibility index (Phi) is 9.74. The highest BCUT2D eigenvalue weighted by Crippen LogP contribution is 2.40. The Morgan fingerprint density at radius 2 is 2.06 bits per heavy atom. The monoisotopic (exact) mass is 453 g/mol. The lowest BCUT2D eigenvalue weighted by Crippen LogP contribution is -2.69. The number of carbonyl (C=O) groups excluding carboxylic acids is 1. The van der Waals surface area contributed by atoms with E-state index in [-0.39, 0.29) is 12.4 Å². The van der Waals surface area contributed by atoms with Gasteiger partial charge in [-0.2, -0.15) is 11.8 Å². The third-order valence-electron chi connectivity index (χ3n) is 5.97. The molecule has 2 fully saturated rings. The van der Waals surface area contributed by atoms with Crippen LogP contribution in [0.4, 0.5) is 0 Å². The zero-order chi connectivity index (χ0) is 22.9. The molecule has 3 heterocycles. The van der Waals surface area contributed by atoms with Crippen molar-refractivity contribution in [1.29, 1.82) is 0 Å². The number of nitrogens with zero attached hydrogens (tertiary/aromatic N) is 2. The van der Waals surface area contributed by atoms with Crippen LogP contribution in [0.2, 0.25) is 0 Å². The van der Waals surface area contributed by atoms with E-state index in [9.17, 15) is 9.90 Å². The Bertz CT molecular complexity index is 698. The SMILES string of the molecule is CC(C)SCCN1CCC2(CC1)OCC[C@@](C)(NC(=O)c1ccccn1)[C@@H]2O.O=CO. The number of piperidine rings is 1. The number of carboxylic acid groups (broad SMARTS) is 1. The average molecular weight is 454 g/mol. The highest BCUT2D eigenvalue weighted by molar-refractivity contribution is 7.99. The molecular weight excluding hydrogens is 418 g/mol. The van der Waals surface area contributed by atoms with Crippen molar-refractivity contribution in [1.82, 2.24) is 15.2 Å². The molecule has 2 aliphatic heterocycles. The van der Waals surface area contributed by atoms with Gasteiger partial charge in [0, 0.05) is 38.2 Å². The van der Waals surface area contributed by atoms with Gasteiger partial charge in [-0.25, -0.2) is 0 Å². The number of hydrogen-bond acceptors (Lipinski definition) is 7. The van der Waals surface area contributed by atoms with Crippen molar-refractivity contribution in [3.8, 4) is 0 Å². The number of pyridine rings is 1. The van der Waals surface area contributed by atoms with Crippen molar-refractivity contribution < 1.29 is 24.5 Å². The minimum absolute atomic E-state index is 0.248. The molecule has 0 unspecified atom stereocenters. The van der Waals surface area contributed by atoms with Gasteiger partial charge >= 0.3 is 0 Å². The number of hydrogen-bond donors (Lipinski definition) is 3. The van der Waals surface area contributed by atoms with Gasteiger partial charge in [0.05, 0.1) is 11.1 Å². The van der Waals surface area contributed by atoms with Gasteiger partial charge in [-0.05, 0) is 43.6 Å². The van der Waals surface area contributed by atoms with Crippen molar-refractivity contribution in [3.05, 3.63) is 30.1 Å². The molecule has 1 spiro atoms. The van der Waals surface area contributed by atoms with Crippen molar-refractivity contribution in [2.75, 3.05) is 32.0 Å². The summed E-state index contributed by atoms with van der Waals surface area (Å²) in [6.07, 6.45) is 3.02. The van der Waals surface area contributed by atoms with E-state index in [2.05, 4.69) is 29.0 Å². The maximum atomic E-state index is 12.6. The van der Waals surface area contributed by atoms with E-state index in [1.54, 1.807) is 24.4 Å². The topological polar surface area (TPSA) is 112 Å². The summed E-state index contributed by atoms with van der Waals surface area (Å²) < 4.78 is 6.14. The fourth-order valence-corrected chi connectivity index (χ4v) is 5.04. The second-order valence-corrected chi connectivity index (χ2v) is 10.2. The molecule has 0 aliphatic carbocycles. The minimum Gasteiger partial charge on any atom is -0.483 e. The number of thioether (sulfide) groups is 1. The Hall–Kier alpha value is -1.68. The van der Waals surface area contributed by atoms with Crippen molar-refractivity contribution >= 4 is 24.1 Å². The third-order valence-corrected chi connectivity index (χ3v) is 7.06. The summed E-state index contributed by atoms with van der Waals surface area (Å²) in [5.41, 5.74) is -0.928. The van der Waals surface area contributed by atoms with Crippen LogP contribution in [0.1, 0.15) is 50.5 Å². The van der Waals surface area contributed by atoms with Crippen LogP contribution in [-0.2, 0) is 9.53 Å². The second-order valence-electron chi connectivity index (χ2n) is 8.52. The number of ether oxygens (including phenoxy) is 1. The number of carbonyl (C=O) groups is 2. The van der Waals surface area contributed by atoms with Gasteiger partial charge in [-0.3, -0.25) is 14.6 Å². The van der Waals surface area contributed by atoms with Crippen LogP contribution < -0.4 is 5.32 Å². The first-order valence-electron chi connectivity index (χ1n) is 10.7. The first-order valence-corrected chi connectivity index (χ1v) is 11.8. The number of aliphatic hydroxyl groups is 1. The van der Waals surface area contributed by atoms with Crippen LogP contribution in [0, 0.1) is 0 Å². The predicted molar refractivity (Wildman–Crippen MR) is 121 cm³/mol. The molecule has 2 aliphatic rings. The molecule has 2 saturated heterocycles. The zero-order valence-corrected chi connectivity index (χ0v) is 19.4. The molecule has 2 atom stereocenters. The summed E-state index contributed by atoms with van der Waals surface area (Å²) >= 11 is 1.98. The van der Waals surface area contributed by atoms with Gasteiger partial charge in [0.15, 0.2) is 0 Å². The van der Waals surface area contributed by atoms with E-state index in [0.29, 0.717) is 24.0 Å². The Morgan fingerprint density at radius 3 is 2.65 bits per heavy atom. The van der Waals surface area contributed by atoms with E-state index in [4.69, 9.17) is 14.6 Å². The van der Waals surface area contributed by atoms with Gasteiger partial charge in [0.2, 0.25) is 0 Å². The Labute approximate surface area is 188 Å². The summed E-state index contributed by atoms with van der Waals surface area (Å²) in [7, 11) is 0. The maximum absolute atomic E-state index is 12.6. The van der Waals surface area contributed by atoms with Gasteiger partial charge in [-0.1, -0.05) is 19.9 Å². The van der Waals surface area contributed by atoms with E-state index < -0.39 is 17.2 Å². The van der Waals surface area contributed by atoms with Gasteiger partial charge in [-0.15, -0.1) is 0 Å². The van der Waals surface area contributed by atoms with Crippen LogP contribution in [0.25, 0.3) is 0 Å². The average Bonchev–Trinajstić information content (AvgIpc) is 2.74. The number of amides is 1. The first kappa shape index (κ1) is 25.6. The second kappa shape index (κ2) is 11.8. The summed E-state index contributed by atoms with van der Waals surface area (Å²) in [4.78, 5) is 27.6. The lowest BCUT2D eigenvalue weighted by Gasteiger charge is -2.53. The summed E-state index contributed by atoms with van der Waals surface area (Å²) in [6, 6.07) is 5.26. The third kappa shape index (κ3) is 6.90. The van der Waals surface area contributed by atoms with Crippen LogP contribution in [0.5, 0.6) is 0 Å². The molecule has 1 amide bonds.